The van der Waals surface area contributed by atoms with Gasteiger partial charge in [-0.3, -0.25) is 9.59 Å². The molecule has 1 fully saturated rings. The van der Waals surface area contributed by atoms with Crippen molar-refractivity contribution in [3.63, 3.8) is 0 Å². The molecule has 2 aromatic carbocycles. The predicted molar refractivity (Wildman–Crippen MR) is 113 cm³/mol. The van der Waals surface area contributed by atoms with Crippen LogP contribution in [-0.2, 0) is 9.59 Å². The lowest BCUT2D eigenvalue weighted by molar-refractivity contribution is -0.129. The Kier molecular flexibility index (Phi) is 5.19. The molecule has 0 heterocycles. The number of allylic oxidation sites excluding steroid dienone is 2. The Balaban J connectivity index is 1.55. The standard InChI is InChI=1S/C21H18Br2N2O2/c22-14-5-1-3-7-16(14)24-20(26)18-12-9-10-13(11-12)19(18)21(27)25-17-8-4-2-6-15(17)23/h1-10,12-13,18-19H,11H2,(H,24,26)(H,25,27)/t12-,13-,18-,19-/m0/s1. The Labute approximate surface area is 174 Å². The molecule has 2 aromatic rings. The third-order valence-electron chi connectivity index (χ3n) is 5.33. The summed E-state index contributed by atoms with van der Waals surface area (Å²) in [6.45, 7) is 0. The summed E-state index contributed by atoms with van der Waals surface area (Å²) in [7, 11) is 0. The van der Waals surface area contributed by atoms with Crippen LogP contribution >= 0.6 is 31.9 Å². The lowest BCUT2D eigenvalue weighted by Gasteiger charge is -2.26. The summed E-state index contributed by atoms with van der Waals surface area (Å²) in [4.78, 5) is 26.1. The lowest BCUT2D eigenvalue weighted by Crippen LogP contribution is -2.39. The number of carbonyl (C=O) groups is 2. The van der Waals surface area contributed by atoms with Gasteiger partial charge in [0.25, 0.3) is 0 Å². The minimum absolute atomic E-state index is 0.104. The first-order valence-corrected chi connectivity index (χ1v) is 10.4. The molecule has 4 rings (SSSR count). The number of amides is 2. The molecule has 4 nitrogen and oxygen atoms in total. The van der Waals surface area contributed by atoms with Gasteiger partial charge < -0.3 is 10.6 Å². The van der Waals surface area contributed by atoms with Crippen LogP contribution in [0.3, 0.4) is 0 Å². The molecule has 4 atom stereocenters. The smallest absolute Gasteiger partial charge is 0.228 e. The van der Waals surface area contributed by atoms with E-state index in [2.05, 4.69) is 54.6 Å². The van der Waals surface area contributed by atoms with Crippen molar-refractivity contribution in [1.82, 2.24) is 0 Å². The fraction of sp³-hybridized carbons (Fsp3) is 0.238. The van der Waals surface area contributed by atoms with Crippen LogP contribution in [0.15, 0.2) is 69.6 Å². The fourth-order valence-electron chi connectivity index (χ4n) is 4.09. The minimum atomic E-state index is -0.366. The molecule has 138 valence electrons. The zero-order valence-corrected chi connectivity index (χ0v) is 17.5. The van der Waals surface area contributed by atoms with E-state index in [9.17, 15) is 9.59 Å². The van der Waals surface area contributed by atoms with Crippen molar-refractivity contribution in [2.45, 2.75) is 6.42 Å². The highest BCUT2D eigenvalue weighted by Gasteiger charge is 2.51. The topological polar surface area (TPSA) is 58.2 Å². The predicted octanol–water partition coefficient (Wildman–Crippen LogP) is 5.23. The van der Waals surface area contributed by atoms with Gasteiger partial charge in [-0.15, -0.1) is 0 Å². The number of fused-ring (bicyclic) bond motifs is 2. The van der Waals surface area contributed by atoms with E-state index in [-0.39, 0.29) is 35.5 Å². The van der Waals surface area contributed by atoms with Crippen molar-refractivity contribution < 1.29 is 9.59 Å². The van der Waals surface area contributed by atoms with E-state index < -0.39 is 0 Å². The maximum Gasteiger partial charge on any atom is 0.228 e. The second kappa shape index (κ2) is 7.60. The van der Waals surface area contributed by atoms with Crippen LogP contribution in [0.1, 0.15) is 6.42 Å². The fourth-order valence-corrected chi connectivity index (χ4v) is 4.86. The molecule has 0 aromatic heterocycles. The van der Waals surface area contributed by atoms with E-state index in [1.54, 1.807) is 0 Å². The highest BCUT2D eigenvalue weighted by atomic mass is 79.9. The van der Waals surface area contributed by atoms with Crippen LogP contribution in [0, 0.1) is 23.7 Å². The summed E-state index contributed by atoms with van der Waals surface area (Å²) in [5, 5.41) is 5.98. The van der Waals surface area contributed by atoms with Crippen LogP contribution < -0.4 is 10.6 Å². The molecule has 0 radical (unpaired) electrons. The maximum atomic E-state index is 13.0. The second-order valence-electron chi connectivity index (χ2n) is 6.94. The average Bonchev–Trinajstić information content (AvgIpc) is 3.27. The van der Waals surface area contributed by atoms with Gasteiger partial charge in [0.2, 0.25) is 11.8 Å². The molecule has 0 aliphatic heterocycles. The highest BCUT2D eigenvalue weighted by molar-refractivity contribution is 9.11. The highest BCUT2D eigenvalue weighted by Crippen LogP contribution is 2.49. The third kappa shape index (κ3) is 3.60. The van der Waals surface area contributed by atoms with Crippen LogP contribution in [0.5, 0.6) is 0 Å². The quantitative estimate of drug-likeness (QED) is 0.578. The number of rotatable bonds is 4. The van der Waals surface area contributed by atoms with Crippen LogP contribution in [-0.4, -0.2) is 11.8 Å². The van der Waals surface area contributed by atoms with E-state index in [0.29, 0.717) is 0 Å². The molecule has 2 aliphatic rings. The summed E-state index contributed by atoms with van der Waals surface area (Å²) < 4.78 is 1.65. The van der Waals surface area contributed by atoms with E-state index in [0.717, 1.165) is 26.7 Å². The first-order chi connectivity index (χ1) is 13.0. The summed E-state index contributed by atoms with van der Waals surface area (Å²) in [5.74, 6) is -0.735. The SMILES string of the molecule is O=C(Nc1ccccc1Br)[C@@H]1[C@@H](C(=O)Nc2ccccc2Br)[C@H]2C=C[C@H]1C2. The van der Waals surface area contributed by atoms with Gasteiger partial charge in [0.15, 0.2) is 0 Å². The van der Waals surface area contributed by atoms with Crippen molar-refractivity contribution in [2.24, 2.45) is 23.7 Å². The van der Waals surface area contributed by atoms with E-state index in [4.69, 9.17) is 0 Å². The molecule has 2 amide bonds. The molecule has 0 spiro atoms. The molecule has 2 bridgehead atoms. The monoisotopic (exact) mass is 488 g/mol. The number of para-hydroxylation sites is 2. The Morgan fingerprint density at radius 2 is 1.15 bits per heavy atom. The number of carbonyl (C=O) groups excluding carboxylic acids is 2. The molecular weight excluding hydrogens is 472 g/mol. The average molecular weight is 490 g/mol. The van der Waals surface area contributed by atoms with Gasteiger partial charge in [-0.2, -0.15) is 0 Å². The van der Waals surface area contributed by atoms with Gasteiger partial charge in [0, 0.05) is 8.95 Å². The maximum absolute atomic E-state index is 13.0. The number of hydrogen-bond acceptors (Lipinski definition) is 2. The normalized spacial score (nSPS) is 25.4. The number of halogens is 2. The Hall–Kier alpha value is -1.92. The molecular formula is C21H18Br2N2O2. The van der Waals surface area contributed by atoms with Crippen LogP contribution in [0.2, 0.25) is 0 Å². The zero-order chi connectivity index (χ0) is 19.0. The van der Waals surface area contributed by atoms with Crippen molar-refractivity contribution in [1.29, 1.82) is 0 Å². The Morgan fingerprint density at radius 3 is 1.56 bits per heavy atom. The molecule has 0 unspecified atom stereocenters. The summed E-state index contributed by atoms with van der Waals surface area (Å²) in [6.07, 6.45) is 5.01. The van der Waals surface area contributed by atoms with Gasteiger partial charge in [0.05, 0.1) is 23.2 Å². The molecule has 2 N–H and O–H groups in total. The van der Waals surface area contributed by atoms with E-state index in [1.807, 2.05) is 48.5 Å². The molecule has 6 heteroatoms. The molecule has 27 heavy (non-hydrogen) atoms. The first-order valence-electron chi connectivity index (χ1n) is 8.83. The van der Waals surface area contributed by atoms with Crippen LogP contribution in [0.4, 0.5) is 11.4 Å². The number of nitrogens with one attached hydrogen (secondary N) is 2. The van der Waals surface area contributed by atoms with E-state index in [1.165, 1.54) is 0 Å². The van der Waals surface area contributed by atoms with Gasteiger partial charge >= 0.3 is 0 Å². The number of benzene rings is 2. The number of anilines is 2. The summed E-state index contributed by atoms with van der Waals surface area (Å²) in [5.41, 5.74) is 1.44. The Bertz CT molecular complexity index is 854. The number of hydrogen-bond donors (Lipinski definition) is 2. The lowest BCUT2D eigenvalue weighted by atomic mass is 9.81. The largest absolute Gasteiger partial charge is 0.325 e. The van der Waals surface area contributed by atoms with Gasteiger partial charge in [-0.1, -0.05) is 36.4 Å². The Morgan fingerprint density at radius 1 is 0.741 bits per heavy atom. The molecule has 1 saturated carbocycles. The van der Waals surface area contributed by atoms with Crippen LogP contribution in [0.25, 0.3) is 0 Å². The van der Waals surface area contributed by atoms with Gasteiger partial charge in [-0.05, 0) is 74.4 Å². The van der Waals surface area contributed by atoms with Crippen molar-refractivity contribution in [3.8, 4) is 0 Å². The zero-order valence-electron chi connectivity index (χ0n) is 14.4. The molecule has 0 saturated heterocycles. The van der Waals surface area contributed by atoms with Crippen molar-refractivity contribution in [3.05, 3.63) is 69.6 Å². The summed E-state index contributed by atoms with van der Waals surface area (Å²) in [6, 6.07) is 15.0. The minimum Gasteiger partial charge on any atom is -0.325 e. The first kappa shape index (κ1) is 18.4. The summed E-state index contributed by atoms with van der Waals surface area (Å²) >= 11 is 6.91. The molecule has 2 aliphatic carbocycles. The van der Waals surface area contributed by atoms with Gasteiger partial charge in [-0.25, -0.2) is 0 Å². The van der Waals surface area contributed by atoms with Crippen molar-refractivity contribution >= 4 is 55.0 Å². The van der Waals surface area contributed by atoms with E-state index >= 15 is 0 Å². The third-order valence-corrected chi connectivity index (χ3v) is 6.71. The second-order valence-corrected chi connectivity index (χ2v) is 8.65. The van der Waals surface area contributed by atoms with Crippen molar-refractivity contribution in [2.75, 3.05) is 10.6 Å². The van der Waals surface area contributed by atoms with Gasteiger partial charge in [0.1, 0.15) is 0 Å².